The van der Waals surface area contributed by atoms with Gasteiger partial charge in [-0.05, 0) is 46.9 Å². The molecule has 1 aliphatic rings. The monoisotopic (exact) mass is 284 g/mol. The normalized spacial score (nSPS) is 15.8. The average Bonchev–Trinajstić information content (AvgIpc) is 2.46. The van der Waals surface area contributed by atoms with E-state index in [0.29, 0.717) is 4.91 Å². The smallest absolute Gasteiger partial charge is 0.175 e. The number of hydrogen-bond acceptors (Lipinski definition) is 2. The van der Waals surface area contributed by atoms with Crippen LogP contribution in [0.1, 0.15) is 18.4 Å². The fraction of sp³-hybridized carbons (Fsp3) is 0.176. The Balaban J connectivity index is 2.07. The predicted molar refractivity (Wildman–Crippen MR) is 84.1 cm³/mol. The van der Waals surface area contributed by atoms with Gasteiger partial charge in [-0.3, -0.25) is 0 Å². The zero-order valence-electron chi connectivity index (χ0n) is 11.3. The standard InChI is InChI=1S/C17H16O2S/c1-20(18,19)17-8-4-7-15(12-17)16-10-9-13-5-2-3-6-14(13)11-16/h2-3,5-6,8-12H,4,7H2,1H3. The molecule has 0 atom stereocenters. The van der Waals surface area contributed by atoms with Crippen molar-refractivity contribution in [2.24, 2.45) is 0 Å². The Morgan fingerprint density at radius 1 is 1.00 bits per heavy atom. The molecule has 1 aliphatic carbocycles. The van der Waals surface area contributed by atoms with Gasteiger partial charge in [-0.15, -0.1) is 0 Å². The molecule has 0 heterocycles. The van der Waals surface area contributed by atoms with Crippen LogP contribution in [0.4, 0.5) is 0 Å². The third kappa shape index (κ3) is 2.54. The lowest BCUT2D eigenvalue weighted by molar-refractivity contribution is 0.608. The Kier molecular flexibility index (Phi) is 3.22. The zero-order chi connectivity index (χ0) is 14.2. The van der Waals surface area contributed by atoms with Gasteiger partial charge in [0.05, 0.1) is 4.91 Å². The Bertz CT molecular complexity index is 827. The minimum atomic E-state index is -3.12. The van der Waals surface area contributed by atoms with Crippen LogP contribution in [-0.4, -0.2) is 14.7 Å². The van der Waals surface area contributed by atoms with E-state index in [1.165, 1.54) is 17.0 Å². The van der Waals surface area contributed by atoms with Crippen LogP contribution in [0.3, 0.4) is 0 Å². The van der Waals surface area contributed by atoms with Gasteiger partial charge in [-0.2, -0.15) is 0 Å². The van der Waals surface area contributed by atoms with Crippen LogP contribution in [0.25, 0.3) is 16.3 Å². The number of fused-ring (bicyclic) bond motifs is 1. The quantitative estimate of drug-likeness (QED) is 0.837. The van der Waals surface area contributed by atoms with Crippen LogP contribution in [-0.2, 0) is 9.84 Å². The third-order valence-electron chi connectivity index (χ3n) is 3.62. The Hall–Kier alpha value is -1.87. The molecule has 2 aromatic rings. The molecule has 2 nitrogen and oxygen atoms in total. The molecule has 0 aromatic heterocycles. The van der Waals surface area contributed by atoms with E-state index in [0.717, 1.165) is 24.0 Å². The lowest BCUT2D eigenvalue weighted by Crippen LogP contribution is -2.02. The van der Waals surface area contributed by atoms with E-state index in [9.17, 15) is 8.42 Å². The Morgan fingerprint density at radius 2 is 1.75 bits per heavy atom. The molecular weight excluding hydrogens is 268 g/mol. The molecule has 0 saturated heterocycles. The van der Waals surface area contributed by atoms with Gasteiger partial charge in [0.2, 0.25) is 0 Å². The first kappa shape index (κ1) is 13.1. The highest BCUT2D eigenvalue weighted by Gasteiger charge is 2.14. The molecule has 0 fully saturated rings. The van der Waals surface area contributed by atoms with Crippen molar-refractivity contribution in [1.29, 1.82) is 0 Å². The van der Waals surface area contributed by atoms with Gasteiger partial charge in [0.1, 0.15) is 0 Å². The molecule has 0 bridgehead atoms. The lowest BCUT2D eigenvalue weighted by Gasteiger charge is -2.14. The highest BCUT2D eigenvalue weighted by Crippen LogP contribution is 2.30. The van der Waals surface area contributed by atoms with E-state index >= 15 is 0 Å². The van der Waals surface area contributed by atoms with E-state index in [4.69, 9.17) is 0 Å². The number of sulfone groups is 1. The van der Waals surface area contributed by atoms with Gasteiger partial charge >= 0.3 is 0 Å². The fourth-order valence-corrected chi connectivity index (χ4v) is 3.32. The second-order valence-corrected chi connectivity index (χ2v) is 7.16. The van der Waals surface area contributed by atoms with E-state index in [1.54, 1.807) is 6.08 Å². The SMILES string of the molecule is CS(=O)(=O)C1=CCCC(c2ccc3ccccc3c2)=C1. The van der Waals surface area contributed by atoms with Crippen molar-refractivity contribution in [3.63, 3.8) is 0 Å². The molecule has 20 heavy (non-hydrogen) atoms. The number of hydrogen-bond donors (Lipinski definition) is 0. The van der Waals surface area contributed by atoms with Gasteiger partial charge < -0.3 is 0 Å². The topological polar surface area (TPSA) is 34.1 Å². The minimum absolute atomic E-state index is 0.437. The zero-order valence-corrected chi connectivity index (χ0v) is 12.2. The molecule has 0 saturated carbocycles. The number of benzene rings is 2. The summed E-state index contributed by atoms with van der Waals surface area (Å²) in [7, 11) is -3.12. The summed E-state index contributed by atoms with van der Waals surface area (Å²) in [6, 6.07) is 14.5. The molecular formula is C17H16O2S. The largest absolute Gasteiger partial charge is 0.224 e. The summed E-state index contributed by atoms with van der Waals surface area (Å²) in [5, 5.41) is 2.38. The van der Waals surface area contributed by atoms with Gasteiger partial charge in [0, 0.05) is 6.26 Å². The summed E-state index contributed by atoms with van der Waals surface area (Å²) in [4.78, 5) is 0.437. The van der Waals surface area contributed by atoms with Crippen molar-refractivity contribution in [1.82, 2.24) is 0 Å². The van der Waals surface area contributed by atoms with Crippen LogP contribution in [0.5, 0.6) is 0 Å². The van der Waals surface area contributed by atoms with Gasteiger partial charge in [0.15, 0.2) is 9.84 Å². The Labute approximate surface area is 119 Å². The number of allylic oxidation sites excluding steroid dienone is 3. The second-order valence-electron chi connectivity index (χ2n) is 5.15. The molecule has 3 rings (SSSR count). The van der Waals surface area contributed by atoms with Crippen molar-refractivity contribution in [3.05, 3.63) is 65.1 Å². The van der Waals surface area contributed by atoms with Crippen molar-refractivity contribution in [2.45, 2.75) is 12.8 Å². The molecule has 0 amide bonds. The molecule has 0 unspecified atom stereocenters. The van der Waals surface area contributed by atoms with Gasteiger partial charge in [-0.1, -0.05) is 42.5 Å². The summed E-state index contributed by atoms with van der Waals surface area (Å²) in [5.41, 5.74) is 2.21. The average molecular weight is 284 g/mol. The molecule has 102 valence electrons. The molecule has 0 N–H and O–H groups in total. The Morgan fingerprint density at radius 3 is 2.50 bits per heavy atom. The van der Waals surface area contributed by atoms with Crippen LogP contribution >= 0.6 is 0 Å². The highest BCUT2D eigenvalue weighted by molar-refractivity contribution is 7.94. The summed E-state index contributed by atoms with van der Waals surface area (Å²) in [5.74, 6) is 0. The van der Waals surface area contributed by atoms with Crippen molar-refractivity contribution in [2.75, 3.05) is 6.26 Å². The molecule has 0 spiro atoms. The van der Waals surface area contributed by atoms with Crippen LogP contribution in [0, 0.1) is 0 Å². The summed E-state index contributed by atoms with van der Waals surface area (Å²) in [6.45, 7) is 0. The summed E-state index contributed by atoms with van der Waals surface area (Å²) in [6.07, 6.45) is 6.54. The lowest BCUT2D eigenvalue weighted by atomic mass is 9.95. The van der Waals surface area contributed by atoms with E-state index in [-0.39, 0.29) is 0 Å². The van der Waals surface area contributed by atoms with Crippen LogP contribution in [0.15, 0.2) is 59.5 Å². The summed E-state index contributed by atoms with van der Waals surface area (Å²) < 4.78 is 23.3. The summed E-state index contributed by atoms with van der Waals surface area (Å²) >= 11 is 0. The maximum atomic E-state index is 11.7. The first-order valence-electron chi connectivity index (χ1n) is 6.64. The highest BCUT2D eigenvalue weighted by atomic mass is 32.2. The third-order valence-corrected chi connectivity index (χ3v) is 4.76. The van der Waals surface area contributed by atoms with Crippen molar-refractivity contribution < 1.29 is 8.42 Å². The molecule has 0 radical (unpaired) electrons. The fourth-order valence-electron chi connectivity index (χ4n) is 2.55. The maximum absolute atomic E-state index is 11.7. The molecule has 3 heteroatoms. The van der Waals surface area contributed by atoms with Crippen molar-refractivity contribution >= 4 is 26.2 Å². The van der Waals surface area contributed by atoms with E-state index in [2.05, 4.69) is 30.3 Å². The van der Waals surface area contributed by atoms with E-state index in [1.807, 2.05) is 18.2 Å². The maximum Gasteiger partial charge on any atom is 0.175 e. The van der Waals surface area contributed by atoms with Crippen LogP contribution < -0.4 is 0 Å². The minimum Gasteiger partial charge on any atom is -0.224 e. The second kappa shape index (κ2) is 4.91. The predicted octanol–water partition coefficient (Wildman–Crippen LogP) is 3.95. The first-order valence-corrected chi connectivity index (χ1v) is 8.53. The van der Waals surface area contributed by atoms with Crippen molar-refractivity contribution in [3.8, 4) is 0 Å². The van der Waals surface area contributed by atoms with Gasteiger partial charge in [-0.25, -0.2) is 8.42 Å². The first-order chi connectivity index (χ1) is 9.54. The molecule has 2 aromatic carbocycles. The number of rotatable bonds is 2. The molecule has 0 aliphatic heterocycles. The van der Waals surface area contributed by atoms with Gasteiger partial charge in [0.25, 0.3) is 0 Å². The van der Waals surface area contributed by atoms with E-state index < -0.39 is 9.84 Å². The van der Waals surface area contributed by atoms with Crippen LogP contribution in [0.2, 0.25) is 0 Å².